The van der Waals surface area contributed by atoms with Gasteiger partial charge in [0.2, 0.25) is 0 Å². The van der Waals surface area contributed by atoms with Crippen molar-refractivity contribution in [3.8, 4) is 0 Å². The Kier molecular flexibility index (Phi) is 9.91. The first-order chi connectivity index (χ1) is 25.3. The lowest BCUT2D eigenvalue weighted by Gasteiger charge is -2.70. The average Bonchev–Trinajstić information content (AvgIpc) is 3.64. The van der Waals surface area contributed by atoms with Gasteiger partial charge in [-0.05, 0) is 93.3 Å². The molecule has 8 fully saturated rings. The summed E-state index contributed by atoms with van der Waals surface area (Å²) >= 11 is 0. The average molecular weight is 767 g/mol. The molecule has 20 atom stereocenters. The van der Waals surface area contributed by atoms with Crippen LogP contribution in [0.15, 0.2) is 11.6 Å². The second kappa shape index (κ2) is 13.4. The maximum Gasteiger partial charge on any atom is 0.187 e. The molecule has 4 aliphatic heterocycles. The Morgan fingerprint density at radius 2 is 1.54 bits per heavy atom. The van der Waals surface area contributed by atoms with Gasteiger partial charge in [-0.3, -0.25) is 0 Å². The summed E-state index contributed by atoms with van der Waals surface area (Å²) in [6.45, 7) is 16.1. The van der Waals surface area contributed by atoms with E-state index in [1.807, 2.05) is 6.92 Å². The van der Waals surface area contributed by atoms with E-state index in [4.69, 9.17) is 28.4 Å². The first kappa shape index (κ1) is 40.0. The molecule has 4 aliphatic carbocycles. The van der Waals surface area contributed by atoms with Crippen LogP contribution in [0.1, 0.15) is 93.4 Å². The minimum absolute atomic E-state index is 0.00497. The van der Waals surface area contributed by atoms with Crippen LogP contribution in [0.5, 0.6) is 0 Å². The van der Waals surface area contributed by atoms with E-state index in [9.17, 15) is 35.7 Å². The molecule has 8 aliphatic rings. The Bertz CT molecular complexity index is 1450. The molecule has 7 N–H and O–H groups in total. The molecule has 0 aromatic rings. The van der Waals surface area contributed by atoms with Crippen LogP contribution < -0.4 is 0 Å². The number of aliphatic hydroxyl groups excluding tert-OH is 6. The van der Waals surface area contributed by atoms with Crippen molar-refractivity contribution in [2.75, 3.05) is 26.4 Å². The normalized spacial score (nSPS) is 57.7. The van der Waals surface area contributed by atoms with E-state index < -0.39 is 73.3 Å². The minimum atomic E-state index is -1.68. The summed E-state index contributed by atoms with van der Waals surface area (Å²) in [5, 5.41) is 75.2. The molecule has 0 aromatic carbocycles. The SMILES string of the molecule is CC(C)=CC1COC23CC4(CO2)C(CCC2C5(C)CCC(OC6OCC(O)C(OC7OC(CO)C(O)C(O)C7O)C6O)C(C)(C)C5CCC24C)C3C1(C)O. The van der Waals surface area contributed by atoms with E-state index >= 15 is 0 Å². The molecule has 0 aromatic heterocycles. The Balaban J connectivity index is 0.993. The van der Waals surface area contributed by atoms with Crippen molar-refractivity contribution in [3.63, 3.8) is 0 Å². The van der Waals surface area contributed by atoms with Gasteiger partial charge in [0, 0.05) is 23.7 Å². The third-order valence-electron chi connectivity index (χ3n) is 16.9. The van der Waals surface area contributed by atoms with Gasteiger partial charge in [0.1, 0.15) is 42.7 Å². The van der Waals surface area contributed by atoms with Gasteiger partial charge in [-0.15, -0.1) is 0 Å². The largest absolute Gasteiger partial charge is 0.394 e. The van der Waals surface area contributed by atoms with Gasteiger partial charge >= 0.3 is 0 Å². The second-order valence-electron chi connectivity index (χ2n) is 20.1. The molecule has 4 saturated heterocycles. The maximum absolute atomic E-state index is 12.3. The van der Waals surface area contributed by atoms with Crippen LogP contribution in [-0.4, -0.2) is 135 Å². The van der Waals surface area contributed by atoms with Crippen molar-refractivity contribution < 1.29 is 64.2 Å². The number of rotatable bonds is 6. The van der Waals surface area contributed by atoms with Crippen molar-refractivity contribution in [1.29, 1.82) is 0 Å². The monoisotopic (exact) mass is 766 g/mol. The first-order valence-electron chi connectivity index (χ1n) is 20.5. The summed E-state index contributed by atoms with van der Waals surface area (Å²) in [4.78, 5) is 0. The van der Waals surface area contributed by atoms with Crippen LogP contribution >= 0.6 is 0 Å². The van der Waals surface area contributed by atoms with Gasteiger partial charge in [0.15, 0.2) is 18.4 Å². The fraction of sp³-hybridized carbons (Fsp3) is 0.951. The highest BCUT2D eigenvalue weighted by molar-refractivity contribution is 5.27. The summed E-state index contributed by atoms with van der Waals surface area (Å²) in [7, 11) is 0. The molecule has 2 spiro atoms. The molecule has 4 saturated carbocycles. The standard InChI is InChI=1S/C41H66O13/c1-20(2)14-21-16-50-41-18-40(19-51-41)22(33(41)39(21,7)48)8-9-26-37(5)12-11-27(36(3,4)25(37)10-13-38(26,40)6)53-34-31(47)32(23(43)17-49-34)54-35-30(46)29(45)28(44)24(15-42)52-35/h14,21-35,42-48H,8-13,15-19H2,1-7H3. The highest BCUT2D eigenvalue weighted by atomic mass is 16.7. The van der Waals surface area contributed by atoms with Crippen LogP contribution in [0.3, 0.4) is 0 Å². The second-order valence-corrected chi connectivity index (χ2v) is 20.1. The molecule has 8 rings (SSSR count). The van der Waals surface area contributed by atoms with Gasteiger partial charge in [-0.25, -0.2) is 0 Å². The lowest BCUT2D eigenvalue weighted by Crippen LogP contribution is -2.68. The zero-order valence-electron chi connectivity index (χ0n) is 33.1. The third-order valence-corrected chi connectivity index (χ3v) is 16.9. The summed E-state index contributed by atoms with van der Waals surface area (Å²) in [5.41, 5.74) is -0.0875. The van der Waals surface area contributed by atoms with Gasteiger partial charge in [-0.1, -0.05) is 39.3 Å². The maximum atomic E-state index is 12.3. The number of fused-ring (bicyclic) bond motifs is 4. The quantitative estimate of drug-likeness (QED) is 0.153. The van der Waals surface area contributed by atoms with Gasteiger partial charge in [0.25, 0.3) is 0 Å². The predicted octanol–water partition coefficient (Wildman–Crippen LogP) is 2.00. The number of aliphatic hydroxyl groups is 7. The zero-order chi connectivity index (χ0) is 39.0. The summed E-state index contributed by atoms with van der Waals surface area (Å²) in [5.74, 6) is 0.203. The van der Waals surface area contributed by atoms with Gasteiger partial charge in [0.05, 0.1) is 38.1 Å². The predicted molar refractivity (Wildman–Crippen MR) is 192 cm³/mol. The Hall–Kier alpha value is -0.780. The molecule has 13 nitrogen and oxygen atoms in total. The van der Waals surface area contributed by atoms with E-state index in [2.05, 4.69) is 47.6 Å². The molecular weight excluding hydrogens is 700 g/mol. The molecule has 13 heteroatoms. The molecule has 54 heavy (non-hydrogen) atoms. The van der Waals surface area contributed by atoms with Gasteiger partial charge < -0.3 is 64.2 Å². The van der Waals surface area contributed by atoms with Crippen molar-refractivity contribution in [3.05, 3.63) is 11.6 Å². The van der Waals surface area contributed by atoms with Crippen molar-refractivity contribution in [1.82, 2.24) is 0 Å². The topological polar surface area (TPSA) is 197 Å². The fourth-order valence-corrected chi connectivity index (χ4v) is 14.3. The van der Waals surface area contributed by atoms with E-state index in [0.29, 0.717) is 31.0 Å². The number of allylic oxidation sites excluding steroid dienone is 1. The molecule has 20 unspecified atom stereocenters. The van der Waals surface area contributed by atoms with Crippen LogP contribution in [0.25, 0.3) is 0 Å². The number of hydrogen-bond acceptors (Lipinski definition) is 13. The summed E-state index contributed by atoms with van der Waals surface area (Å²) in [6, 6.07) is 0. The highest BCUT2D eigenvalue weighted by Gasteiger charge is 2.81. The Morgan fingerprint density at radius 1 is 0.796 bits per heavy atom. The van der Waals surface area contributed by atoms with E-state index in [1.54, 1.807) is 0 Å². The van der Waals surface area contributed by atoms with Crippen molar-refractivity contribution >= 4 is 0 Å². The third kappa shape index (κ3) is 5.50. The lowest BCUT2D eigenvalue weighted by atomic mass is 9.35. The summed E-state index contributed by atoms with van der Waals surface area (Å²) in [6.07, 6.45) is -4.14. The first-order valence-corrected chi connectivity index (χ1v) is 20.5. The number of ether oxygens (including phenoxy) is 6. The lowest BCUT2D eigenvalue weighted by molar-refractivity contribution is -0.358. The van der Waals surface area contributed by atoms with Crippen LogP contribution in [0, 0.1) is 51.2 Å². The highest BCUT2D eigenvalue weighted by Crippen LogP contribution is 2.80. The molecule has 0 radical (unpaired) electrons. The fourth-order valence-electron chi connectivity index (χ4n) is 14.3. The van der Waals surface area contributed by atoms with E-state index in [-0.39, 0.29) is 46.2 Å². The van der Waals surface area contributed by atoms with Crippen molar-refractivity contribution in [2.45, 2.75) is 166 Å². The summed E-state index contributed by atoms with van der Waals surface area (Å²) < 4.78 is 37.4. The molecule has 2 bridgehead atoms. The van der Waals surface area contributed by atoms with E-state index in [1.165, 1.54) is 5.57 Å². The van der Waals surface area contributed by atoms with Crippen LogP contribution in [0.4, 0.5) is 0 Å². The molecular formula is C41H66O13. The van der Waals surface area contributed by atoms with Crippen molar-refractivity contribution in [2.24, 2.45) is 51.2 Å². The van der Waals surface area contributed by atoms with Gasteiger partial charge in [-0.2, -0.15) is 0 Å². The molecule has 0 amide bonds. The van der Waals surface area contributed by atoms with E-state index in [0.717, 1.165) is 44.9 Å². The molecule has 4 heterocycles. The Morgan fingerprint density at radius 3 is 2.24 bits per heavy atom. The van der Waals surface area contributed by atoms with Crippen LogP contribution in [0.2, 0.25) is 0 Å². The number of hydrogen-bond donors (Lipinski definition) is 7. The van der Waals surface area contributed by atoms with Crippen LogP contribution in [-0.2, 0) is 28.4 Å². The minimum Gasteiger partial charge on any atom is -0.394 e. The smallest absolute Gasteiger partial charge is 0.187 e. The zero-order valence-corrected chi connectivity index (χ0v) is 33.1. The Labute approximate surface area is 319 Å². The molecule has 308 valence electrons.